The van der Waals surface area contributed by atoms with E-state index in [1.165, 1.54) is 0 Å². The highest BCUT2D eigenvalue weighted by molar-refractivity contribution is 5.67. The van der Waals surface area contributed by atoms with E-state index in [2.05, 4.69) is 0 Å². The fourth-order valence-corrected chi connectivity index (χ4v) is 1.68. The molecular weight excluding hydrogens is 286 g/mol. The highest BCUT2D eigenvalue weighted by Gasteiger charge is 2.16. The van der Waals surface area contributed by atoms with E-state index in [9.17, 15) is 19.8 Å². The van der Waals surface area contributed by atoms with Crippen molar-refractivity contribution in [2.45, 2.75) is 44.8 Å². The third kappa shape index (κ3) is 9.90. The maximum atomic E-state index is 9.88. The lowest BCUT2D eigenvalue weighted by molar-refractivity contribution is -0.669. The summed E-state index contributed by atoms with van der Waals surface area (Å²) < 4.78 is 0. The number of nitrogens with two attached hydrogens (primary N) is 1. The van der Waals surface area contributed by atoms with Crippen LogP contribution in [0.1, 0.15) is 44.3 Å². The van der Waals surface area contributed by atoms with E-state index in [0.717, 1.165) is 5.56 Å². The van der Waals surface area contributed by atoms with E-state index in [0.29, 0.717) is 12.8 Å². The van der Waals surface area contributed by atoms with E-state index in [4.69, 9.17) is 5.11 Å². The summed E-state index contributed by atoms with van der Waals surface area (Å²) >= 11 is 0. The third-order valence-electron chi connectivity index (χ3n) is 3.19. The van der Waals surface area contributed by atoms with Crippen LogP contribution in [-0.4, -0.2) is 35.2 Å². The van der Waals surface area contributed by atoms with Crippen LogP contribution >= 0.6 is 0 Å². The van der Waals surface area contributed by atoms with Crippen molar-refractivity contribution in [1.82, 2.24) is 0 Å². The van der Waals surface area contributed by atoms with Crippen molar-refractivity contribution >= 4 is 11.9 Å². The van der Waals surface area contributed by atoms with Gasteiger partial charge < -0.3 is 25.4 Å². The Hall–Kier alpha value is -1.92. The van der Waals surface area contributed by atoms with Gasteiger partial charge in [0.1, 0.15) is 12.1 Å². The largest absolute Gasteiger partial charge is 0.550 e. The number of benzene rings is 1. The van der Waals surface area contributed by atoms with E-state index in [1.807, 2.05) is 49.6 Å². The van der Waals surface area contributed by atoms with E-state index >= 15 is 0 Å². The molecule has 4 N–H and O–H groups in total. The molecule has 0 heterocycles. The predicted octanol–water partition coefficient (Wildman–Crippen LogP) is -0.317. The minimum atomic E-state index is -1.12. The van der Waals surface area contributed by atoms with Gasteiger partial charge in [-0.2, -0.15) is 0 Å². The number of aliphatic hydroxyl groups is 1. The lowest BCUT2D eigenvalue weighted by Crippen LogP contribution is -2.86. The SMILES string of the molecule is C[NH2+][C@H](C)[C@@H](O)c1ccccc1.O=C([O-])CCCCC(=O)O. The minimum Gasteiger partial charge on any atom is -0.550 e. The zero-order chi connectivity index (χ0) is 17.0. The number of carbonyl (C=O) groups is 2. The zero-order valence-corrected chi connectivity index (χ0v) is 13.1. The molecule has 0 unspecified atom stereocenters. The van der Waals surface area contributed by atoms with Crippen molar-refractivity contribution in [3.63, 3.8) is 0 Å². The second-order valence-corrected chi connectivity index (χ2v) is 5.02. The van der Waals surface area contributed by atoms with Crippen LogP contribution in [0.3, 0.4) is 0 Å². The molecule has 0 spiro atoms. The fourth-order valence-electron chi connectivity index (χ4n) is 1.68. The van der Waals surface area contributed by atoms with Gasteiger partial charge in [-0.05, 0) is 31.7 Å². The average Bonchev–Trinajstić information content (AvgIpc) is 2.51. The van der Waals surface area contributed by atoms with E-state index in [-0.39, 0.29) is 25.0 Å². The Balaban J connectivity index is 0.000000409. The average molecular weight is 311 g/mol. The van der Waals surface area contributed by atoms with Gasteiger partial charge >= 0.3 is 5.97 Å². The molecular formula is C16H25NO5. The number of carbonyl (C=O) groups excluding carboxylic acids is 1. The number of likely N-dealkylation sites (N-methyl/N-ethyl adjacent to an activating group) is 1. The maximum Gasteiger partial charge on any atom is 0.303 e. The van der Waals surface area contributed by atoms with Gasteiger partial charge in [-0.25, -0.2) is 0 Å². The van der Waals surface area contributed by atoms with Gasteiger partial charge in [-0.15, -0.1) is 0 Å². The van der Waals surface area contributed by atoms with Crippen molar-refractivity contribution in [3.8, 4) is 0 Å². The molecule has 124 valence electrons. The number of carboxylic acid groups (broad SMARTS) is 2. The Bertz CT molecular complexity index is 419. The molecule has 0 bridgehead atoms. The quantitative estimate of drug-likeness (QED) is 0.569. The number of hydrogen-bond donors (Lipinski definition) is 3. The Labute approximate surface area is 130 Å². The van der Waals surface area contributed by atoms with Crippen LogP contribution in [0.5, 0.6) is 0 Å². The molecule has 0 aliphatic rings. The molecule has 0 aliphatic carbocycles. The van der Waals surface area contributed by atoms with Gasteiger partial charge in [0.2, 0.25) is 0 Å². The molecule has 2 atom stereocenters. The van der Waals surface area contributed by atoms with Crippen LogP contribution in [-0.2, 0) is 9.59 Å². The molecule has 0 saturated heterocycles. The molecule has 6 nitrogen and oxygen atoms in total. The van der Waals surface area contributed by atoms with Crippen molar-refractivity contribution in [1.29, 1.82) is 0 Å². The minimum absolute atomic E-state index is 0.0350. The van der Waals surface area contributed by atoms with Crippen LogP contribution in [0.25, 0.3) is 0 Å². The number of hydrogen-bond acceptors (Lipinski definition) is 4. The van der Waals surface area contributed by atoms with Gasteiger partial charge in [0, 0.05) is 12.4 Å². The molecule has 0 radical (unpaired) electrons. The molecule has 0 saturated carbocycles. The number of unbranched alkanes of at least 4 members (excludes halogenated alkanes) is 1. The monoisotopic (exact) mass is 311 g/mol. The van der Waals surface area contributed by atoms with Crippen LogP contribution in [0.2, 0.25) is 0 Å². The Kier molecular flexibility index (Phi) is 10.7. The molecule has 6 heteroatoms. The summed E-state index contributed by atoms with van der Waals surface area (Å²) in [4.78, 5) is 19.7. The van der Waals surface area contributed by atoms with Crippen LogP contribution in [0, 0.1) is 0 Å². The van der Waals surface area contributed by atoms with Gasteiger partial charge in [-0.3, -0.25) is 4.79 Å². The molecule has 0 fully saturated rings. The Morgan fingerprint density at radius 3 is 2.18 bits per heavy atom. The third-order valence-corrected chi connectivity index (χ3v) is 3.19. The molecule has 1 aromatic carbocycles. The number of rotatable bonds is 8. The van der Waals surface area contributed by atoms with Crippen LogP contribution < -0.4 is 10.4 Å². The second kappa shape index (κ2) is 11.7. The highest BCUT2D eigenvalue weighted by atomic mass is 16.4. The highest BCUT2D eigenvalue weighted by Crippen LogP contribution is 2.13. The molecule has 1 rings (SSSR count). The normalized spacial score (nSPS) is 12.7. The lowest BCUT2D eigenvalue weighted by atomic mass is 10.0. The predicted molar refractivity (Wildman–Crippen MR) is 79.8 cm³/mol. The van der Waals surface area contributed by atoms with E-state index < -0.39 is 11.9 Å². The summed E-state index contributed by atoms with van der Waals surface area (Å²) in [5, 5.41) is 29.7. The zero-order valence-electron chi connectivity index (χ0n) is 13.1. The summed E-state index contributed by atoms with van der Waals surface area (Å²) in [5.74, 6) is -2.01. The Morgan fingerprint density at radius 2 is 1.73 bits per heavy atom. The number of aliphatic carboxylic acids is 2. The smallest absolute Gasteiger partial charge is 0.303 e. The van der Waals surface area contributed by atoms with Crippen molar-refractivity contribution in [3.05, 3.63) is 35.9 Å². The lowest BCUT2D eigenvalue weighted by Gasteiger charge is -2.15. The van der Waals surface area contributed by atoms with Gasteiger partial charge in [0.05, 0.1) is 7.05 Å². The van der Waals surface area contributed by atoms with Gasteiger partial charge in [0.15, 0.2) is 0 Å². The molecule has 22 heavy (non-hydrogen) atoms. The summed E-state index contributed by atoms with van der Waals surface area (Å²) in [7, 11) is 1.97. The van der Waals surface area contributed by atoms with Crippen molar-refractivity contribution in [2.75, 3.05) is 7.05 Å². The molecule has 0 amide bonds. The number of aliphatic hydroxyl groups excluding tert-OH is 1. The first-order valence-electron chi connectivity index (χ1n) is 7.32. The standard InChI is InChI=1S/C10H15NO.C6H10O4/c1-8(11-2)10(12)9-6-4-3-5-7-9;7-5(8)3-1-2-4-6(9)10/h3-8,10-12H,1-2H3;1-4H2,(H,7,8)(H,9,10)/t8-,10-;/m1./s1. The summed E-state index contributed by atoms with van der Waals surface area (Å²) in [6.07, 6.45) is 0.412. The first-order chi connectivity index (χ1) is 10.4. The maximum absolute atomic E-state index is 9.88. The number of quaternary nitrogens is 1. The van der Waals surface area contributed by atoms with E-state index in [1.54, 1.807) is 0 Å². The van der Waals surface area contributed by atoms with Crippen LogP contribution in [0.4, 0.5) is 0 Å². The second-order valence-electron chi connectivity index (χ2n) is 5.02. The van der Waals surface area contributed by atoms with Crippen LogP contribution in [0.15, 0.2) is 30.3 Å². The first-order valence-corrected chi connectivity index (χ1v) is 7.32. The summed E-state index contributed by atoms with van der Waals surface area (Å²) in [5.41, 5.74) is 0.989. The molecule has 1 aromatic rings. The van der Waals surface area contributed by atoms with Gasteiger partial charge in [0.25, 0.3) is 0 Å². The summed E-state index contributed by atoms with van der Waals surface area (Å²) in [6.45, 7) is 2.01. The van der Waals surface area contributed by atoms with Gasteiger partial charge in [-0.1, -0.05) is 30.3 Å². The molecule has 0 aromatic heterocycles. The topological polar surface area (TPSA) is 114 Å². The number of carboxylic acids is 2. The van der Waals surface area contributed by atoms with Crippen molar-refractivity contribution < 1.29 is 30.2 Å². The van der Waals surface area contributed by atoms with Crippen molar-refractivity contribution in [2.24, 2.45) is 0 Å². The first kappa shape index (κ1) is 20.1. The molecule has 0 aliphatic heterocycles. The summed E-state index contributed by atoms with van der Waals surface area (Å²) in [6, 6.07) is 9.96. The fraction of sp³-hybridized carbons (Fsp3) is 0.500. The Morgan fingerprint density at radius 1 is 1.18 bits per heavy atom.